The lowest BCUT2D eigenvalue weighted by Crippen LogP contribution is -2.43. The molecule has 40 heavy (non-hydrogen) atoms. The van der Waals surface area contributed by atoms with Gasteiger partial charge in [-0.2, -0.15) is 5.01 Å². The molecule has 1 aromatic carbocycles. The molecule has 0 spiro atoms. The number of nitrogens with one attached hydrogen (secondary N) is 2. The Hall–Kier alpha value is -3.18. The Morgan fingerprint density at radius 1 is 1.10 bits per heavy atom. The van der Waals surface area contributed by atoms with Gasteiger partial charge in [-0.1, -0.05) is 64.2 Å². The number of carbonyl (C=O) groups excluding carboxylic acids is 1. The lowest BCUT2D eigenvalue weighted by Gasteiger charge is -2.24. The monoisotopic (exact) mass is 581 g/mol. The molecule has 1 unspecified atom stereocenters. The Balaban J connectivity index is 0.000000308. The smallest absolute Gasteiger partial charge is 0.340 e. The van der Waals surface area contributed by atoms with E-state index in [4.69, 9.17) is 27.5 Å². The number of fused-ring (bicyclic) bond motifs is 1. The van der Waals surface area contributed by atoms with Crippen LogP contribution in [0.5, 0.6) is 0 Å². The van der Waals surface area contributed by atoms with Gasteiger partial charge in [0.15, 0.2) is 0 Å². The van der Waals surface area contributed by atoms with Crippen molar-refractivity contribution in [3.05, 3.63) is 40.9 Å². The van der Waals surface area contributed by atoms with Crippen molar-refractivity contribution in [3.8, 4) is 0 Å². The summed E-state index contributed by atoms with van der Waals surface area (Å²) >= 11 is 5.44. The summed E-state index contributed by atoms with van der Waals surface area (Å²) in [6, 6.07) is 6.67. The van der Waals surface area contributed by atoms with Crippen LogP contribution in [0.15, 0.2) is 35.7 Å². The van der Waals surface area contributed by atoms with Crippen LogP contribution >= 0.6 is 11.6 Å². The van der Waals surface area contributed by atoms with Gasteiger partial charge in [0.2, 0.25) is 0 Å². The molecule has 2 aromatic rings. The third-order valence-corrected chi connectivity index (χ3v) is 6.79. The number of amides is 2. The minimum atomic E-state index is -0.972. The topological polar surface area (TPSA) is 178 Å². The standard InChI is InChI=1S/C11H12N2O2.C9H16ClN3O2.C8H16O2/c12-9(11(14)15)5-7-6-13-10-4-2-1-3-8(7)10;10-6-7-13(12-15)9(14)11-8-4-2-1-3-5-8;1-3-5-7(6-4-2)8(9)10/h1-4,6,9,13H,5,12H2,(H,14,15);8H,1-7H2,(H,11,14);7H,3-6H2,1-2H3,(H,9,10). The molecule has 3 rings (SSSR count). The first kappa shape index (κ1) is 34.8. The maximum Gasteiger partial charge on any atom is 0.340 e. The fourth-order valence-electron chi connectivity index (χ4n) is 4.47. The maximum atomic E-state index is 11.5. The summed E-state index contributed by atoms with van der Waals surface area (Å²) in [4.78, 5) is 46.0. The molecule has 1 saturated carbocycles. The molecule has 1 fully saturated rings. The first-order valence-corrected chi connectivity index (χ1v) is 14.4. The molecule has 6 N–H and O–H groups in total. The summed E-state index contributed by atoms with van der Waals surface area (Å²) in [5.41, 5.74) is 7.43. The minimum absolute atomic E-state index is 0.102. The lowest BCUT2D eigenvalue weighted by molar-refractivity contribution is -0.142. The summed E-state index contributed by atoms with van der Waals surface area (Å²) < 4.78 is 0. The van der Waals surface area contributed by atoms with E-state index in [2.05, 4.69) is 15.6 Å². The van der Waals surface area contributed by atoms with E-state index in [9.17, 15) is 19.3 Å². The van der Waals surface area contributed by atoms with E-state index in [1.165, 1.54) is 6.42 Å². The number of para-hydroxylation sites is 1. The van der Waals surface area contributed by atoms with E-state index in [-0.39, 0.29) is 24.4 Å². The SMILES string of the molecule is CCCC(CCC)C(=O)O.NC(Cc1c[nH]c2ccccc12)C(=O)O.O=NN(CCCl)C(=O)NC1CCCCC1. The maximum absolute atomic E-state index is 11.5. The number of benzene rings is 1. The molecule has 0 saturated heterocycles. The summed E-state index contributed by atoms with van der Waals surface area (Å²) in [6.07, 6.45) is 11.2. The largest absolute Gasteiger partial charge is 0.481 e. The molecule has 224 valence electrons. The highest BCUT2D eigenvalue weighted by Crippen LogP contribution is 2.19. The average molecular weight is 582 g/mol. The van der Waals surface area contributed by atoms with Gasteiger partial charge in [-0.3, -0.25) is 9.59 Å². The molecule has 11 nitrogen and oxygen atoms in total. The van der Waals surface area contributed by atoms with Gasteiger partial charge in [0.1, 0.15) is 6.04 Å². The lowest BCUT2D eigenvalue weighted by atomic mass is 9.96. The van der Waals surface area contributed by atoms with Crippen molar-refractivity contribution >= 4 is 40.5 Å². The fourth-order valence-corrected chi connectivity index (χ4v) is 4.63. The van der Waals surface area contributed by atoms with Crippen molar-refractivity contribution in [2.24, 2.45) is 16.9 Å². The van der Waals surface area contributed by atoms with Crippen molar-refractivity contribution in [2.75, 3.05) is 12.4 Å². The number of nitrogens with zero attached hydrogens (tertiary/aromatic N) is 2. The number of hydrogen-bond donors (Lipinski definition) is 5. The number of halogens is 1. The predicted octanol–water partition coefficient (Wildman–Crippen LogP) is 5.66. The van der Waals surface area contributed by atoms with Gasteiger partial charge in [0.25, 0.3) is 0 Å². The number of aromatic amines is 1. The summed E-state index contributed by atoms with van der Waals surface area (Å²) in [5, 5.41) is 24.6. The summed E-state index contributed by atoms with van der Waals surface area (Å²) in [6.45, 7) is 4.20. The van der Waals surface area contributed by atoms with Gasteiger partial charge in [-0.15, -0.1) is 16.5 Å². The summed E-state index contributed by atoms with van der Waals surface area (Å²) in [5.74, 6) is -1.50. The number of urea groups is 1. The number of nitrogens with two attached hydrogens (primary N) is 1. The van der Waals surface area contributed by atoms with E-state index in [0.717, 1.165) is 72.8 Å². The second-order valence-electron chi connectivity index (χ2n) is 9.80. The Morgan fingerprint density at radius 3 is 2.25 bits per heavy atom. The van der Waals surface area contributed by atoms with Crippen LogP contribution in [0.1, 0.15) is 77.2 Å². The molecule has 12 heteroatoms. The van der Waals surface area contributed by atoms with Gasteiger partial charge in [-0.25, -0.2) is 4.79 Å². The first-order chi connectivity index (χ1) is 19.2. The van der Waals surface area contributed by atoms with Gasteiger partial charge >= 0.3 is 18.0 Å². The van der Waals surface area contributed by atoms with Crippen molar-refractivity contribution < 1.29 is 24.6 Å². The molecule has 1 aliphatic carbocycles. The van der Waals surface area contributed by atoms with Crippen LogP contribution < -0.4 is 11.1 Å². The zero-order chi connectivity index (χ0) is 29.9. The van der Waals surface area contributed by atoms with E-state index in [1.54, 1.807) is 0 Å². The minimum Gasteiger partial charge on any atom is -0.481 e. The molecular weight excluding hydrogens is 538 g/mol. The highest BCUT2D eigenvalue weighted by molar-refractivity contribution is 6.18. The van der Waals surface area contributed by atoms with E-state index in [0.29, 0.717) is 6.42 Å². The number of H-pyrrole nitrogens is 1. The van der Waals surface area contributed by atoms with Crippen LogP contribution in [-0.4, -0.2) is 62.7 Å². The number of aromatic nitrogens is 1. The number of carboxylic acid groups (broad SMARTS) is 2. The van der Waals surface area contributed by atoms with E-state index < -0.39 is 24.0 Å². The third-order valence-electron chi connectivity index (χ3n) is 6.62. The van der Waals surface area contributed by atoms with Crippen LogP contribution in [-0.2, 0) is 16.0 Å². The highest BCUT2D eigenvalue weighted by atomic mass is 35.5. The van der Waals surface area contributed by atoms with Crippen LogP contribution in [0.3, 0.4) is 0 Å². The molecule has 1 aromatic heterocycles. The molecule has 0 aliphatic heterocycles. The molecule has 1 aliphatic rings. The predicted molar refractivity (Wildman–Crippen MR) is 157 cm³/mol. The number of aliphatic carboxylic acids is 2. The van der Waals surface area contributed by atoms with Crippen molar-refractivity contribution in [1.82, 2.24) is 15.3 Å². The number of carboxylic acids is 2. The van der Waals surface area contributed by atoms with Crippen LogP contribution in [0.4, 0.5) is 4.79 Å². The second kappa shape index (κ2) is 19.8. The normalized spacial score (nSPS) is 13.8. The van der Waals surface area contributed by atoms with Crippen molar-refractivity contribution in [1.29, 1.82) is 0 Å². The molecule has 1 atom stereocenters. The number of rotatable bonds is 12. The van der Waals surface area contributed by atoms with Gasteiger partial charge in [0, 0.05) is 35.4 Å². The van der Waals surface area contributed by atoms with Gasteiger partial charge in [0.05, 0.1) is 17.7 Å². The first-order valence-electron chi connectivity index (χ1n) is 13.9. The van der Waals surface area contributed by atoms with Crippen LogP contribution in [0.2, 0.25) is 0 Å². The Labute approximate surface area is 240 Å². The fraction of sp³-hybridized carbons (Fsp3) is 0.607. The van der Waals surface area contributed by atoms with Crippen LogP contribution in [0, 0.1) is 10.8 Å². The molecule has 1 heterocycles. The molecular formula is C28H44ClN5O6. The highest BCUT2D eigenvalue weighted by Gasteiger charge is 2.20. The Bertz CT molecular complexity index is 1040. The van der Waals surface area contributed by atoms with Gasteiger partial charge in [-0.05, 0) is 37.3 Å². The zero-order valence-electron chi connectivity index (χ0n) is 23.5. The van der Waals surface area contributed by atoms with E-state index >= 15 is 0 Å². The number of hydrogen-bond acceptors (Lipinski definition) is 6. The Morgan fingerprint density at radius 2 is 1.73 bits per heavy atom. The zero-order valence-corrected chi connectivity index (χ0v) is 24.2. The number of nitroso groups, excluding NO2 is 1. The van der Waals surface area contributed by atoms with Crippen LogP contribution in [0.25, 0.3) is 10.9 Å². The molecule has 0 bridgehead atoms. The average Bonchev–Trinajstić information content (AvgIpc) is 3.35. The Kier molecular flexibility index (Phi) is 17.3. The van der Waals surface area contributed by atoms with Gasteiger partial charge < -0.3 is 26.2 Å². The molecule has 0 radical (unpaired) electrons. The van der Waals surface area contributed by atoms with Crippen molar-refractivity contribution in [2.45, 2.75) is 90.1 Å². The second-order valence-corrected chi connectivity index (χ2v) is 10.2. The number of carbonyl (C=O) groups is 3. The summed E-state index contributed by atoms with van der Waals surface area (Å²) in [7, 11) is 0. The quantitative estimate of drug-likeness (QED) is 0.122. The van der Waals surface area contributed by atoms with E-state index in [1.807, 2.05) is 44.3 Å². The number of alkyl halides is 1. The third kappa shape index (κ3) is 12.8. The molecule has 2 amide bonds. The van der Waals surface area contributed by atoms with Crippen molar-refractivity contribution in [3.63, 3.8) is 0 Å².